The average molecular weight is 1060 g/mol. The molecule has 0 heterocycles. The lowest BCUT2D eigenvalue weighted by Gasteiger charge is -2.28. The SMILES string of the molecule is CCCCCCCCCCC(O)CN(CCCOC(=O)[C@H](Cc1ccc(O)cc1)NC(=O)CCCN(CC(O)CCCCCCCCCC)CC(O)CCCCCCCCCC)CC(O)CCCCCCCCCC. The molecule has 0 aromatic heterocycles. The number of unbranched alkanes of at least 4 members (excludes halogenated alkanes) is 28. The van der Waals surface area contributed by atoms with E-state index in [0.29, 0.717) is 52.1 Å². The molecule has 1 aromatic rings. The summed E-state index contributed by atoms with van der Waals surface area (Å²) in [6.45, 7) is 12.0. The van der Waals surface area contributed by atoms with Crippen LogP contribution >= 0.6 is 0 Å². The molecule has 1 aromatic carbocycles. The summed E-state index contributed by atoms with van der Waals surface area (Å²) in [5.41, 5.74) is 0.777. The van der Waals surface area contributed by atoms with Crippen molar-refractivity contribution in [1.82, 2.24) is 15.1 Å². The molecule has 0 spiro atoms. The molecule has 440 valence electrons. The Labute approximate surface area is 461 Å². The number of rotatable bonds is 56. The smallest absolute Gasteiger partial charge is 0.328 e. The Kier molecular flexibility index (Phi) is 48.3. The number of ether oxygens (including phenoxy) is 1. The second kappa shape index (κ2) is 51.2. The summed E-state index contributed by atoms with van der Waals surface area (Å²) < 4.78 is 5.87. The normalized spacial score (nSPS) is 13.8. The Bertz CT molecular complexity index is 1350. The highest BCUT2D eigenvalue weighted by molar-refractivity contribution is 5.84. The highest BCUT2D eigenvalue weighted by Gasteiger charge is 2.24. The molecule has 11 heteroatoms. The molecule has 0 fully saturated rings. The topological polar surface area (TPSA) is 163 Å². The summed E-state index contributed by atoms with van der Waals surface area (Å²) in [4.78, 5) is 31.7. The minimum absolute atomic E-state index is 0.118. The maximum atomic E-state index is 13.8. The summed E-state index contributed by atoms with van der Waals surface area (Å²) >= 11 is 0. The first-order valence-electron chi connectivity index (χ1n) is 31.9. The van der Waals surface area contributed by atoms with E-state index >= 15 is 0 Å². The first kappa shape index (κ1) is 70.7. The highest BCUT2D eigenvalue weighted by Crippen LogP contribution is 2.18. The number of phenolic OH excluding ortho intramolecular Hbond substituents is 1. The van der Waals surface area contributed by atoms with E-state index in [0.717, 1.165) is 82.6 Å². The molecule has 0 bridgehead atoms. The summed E-state index contributed by atoms with van der Waals surface area (Å²) in [5.74, 6) is -0.674. The van der Waals surface area contributed by atoms with Crippen molar-refractivity contribution in [3.63, 3.8) is 0 Å². The van der Waals surface area contributed by atoms with Gasteiger partial charge in [-0.1, -0.05) is 245 Å². The van der Waals surface area contributed by atoms with Gasteiger partial charge in [-0.3, -0.25) is 14.6 Å². The van der Waals surface area contributed by atoms with Crippen LogP contribution in [0.3, 0.4) is 0 Å². The van der Waals surface area contributed by atoms with E-state index < -0.39 is 36.4 Å². The third kappa shape index (κ3) is 44.3. The molecule has 0 saturated heterocycles. The van der Waals surface area contributed by atoms with Crippen LogP contribution in [-0.4, -0.2) is 124 Å². The Morgan fingerprint density at radius 2 is 0.747 bits per heavy atom. The molecule has 0 radical (unpaired) electrons. The lowest BCUT2D eigenvalue weighted by molar-refractivity contribution is -0.148. The van der Waals surface area contributed by atoms with Crippen LogP contribution in [0.25, 0.3) is 0 Å². The molecule has 11 nitrogen and oxygen atoms in total. The predicted octanol–water partition coefficient (Wildman–Crippen LogP) is 14.3. The van der Waals surface area contributed by atoms with Gasteiger partial charge in [-0.25, -0.2) is 4.79 Å². The van der Waals surface area contributed by atoms with Crippen molar-refractivity contribution < 1.29 is 39.9 Å². The standard InChI is InChI=1S/C64H121N3O8/c1-5-9-13-17-21-25-29-33-39-58(69)52-66(53-59(70)40-34-30-26-22-18-14-10-6-2)48-37-43-63(73)65-62(51-56-44-46-57(68)47-45-56)64(74)75-50-38-49-67(54-60(71)41-35-31-27-23-19-15-11-7-3)55-61(72)42-36-32-28-24-20-16-12-8-4/h44-47,58-62,68-72H,5-43,48-55H2,1-4H3,(H,65,73)/t58?,59?,60?,61?,62-/m0/s1. The second-order valence-corrected chi connectivity index (χ2v) is 22.8. The number of phenols is 1. The van der Waals surface area contributed by atoms with Crippen LogP contribution in [0.15, 0.2) is 24.3 Å². The van der Waals surface area contributed by atoms with Crippen LogP contribution in [0.5, 0.6) is 5.75 Å². The van der Waals surface area contributed by atoms with Crippen molar-refractivity contribution >= 4 is 11.9 Å². The molecule has 5 atom stereocenters. The first-order chi connectivity index (χ1) is 36.5. The number of amides is 1. The van der Waals surface area contributed by atoms with Gasteiger partial charge in [-0.05, 0) is 62.8 Å². The number of aliphatic hydroxyl groups is 4. The third-order valence-electron chi connectivity index (χ3n) is 15.2. The van der Waals surface area contributed by atoms with E-state index in [1.807, 2.05) is 0 Å². The van der Waals surface area contributed by atoms with Crippen molar-refractivity contribution in [2.24, 2.45) is 0 Å². The van der Waals surface area contributed by atoms with E-state index in [1.54, 1.807) is 24.3 Å². The minimum Gasteiger partial charge on any atom is -0.508 e. The van der Waals surface area contributed by atoms with Gasteiger partial charge in [0.15, 0.2) is 0 Å². The maximum absolute atomic E-state index is 13.8. The zero-order chi connectivity index (χ0) is 54.8. The zero-order valence-corrected chi connectivity index (χ0v) is 49.3. The van der Waals surface area contributed by atoms with Crippen LogP contribution in [0, 0.1) is 0 Å². The molecule has 0 aliphatic rings. The number of carbonyl (C=O) groups excluding carboxylic acids is 2. The lowest BCUT2D eigenvalue weighted by Crippen LogP contribution is -2.44. The minimum atomic E-state index is -0.932. The number of carbonyl (C=O) groups is 2. The zero-order valence-electron chi connectivity index (χ0n) is 49.3. The number of aliphatic hydroxyl groups excluding tert-OH is 4. The quantitative estimate of drug-likeness (QED) is 0.0273. The molecule has 0 saturated carbocycles. The maximum Gasteiger partial charge on any atom is 0.328 e. The summed E-state index contributed by atoms with van der Waals surface area (Å²) in [6, 6.07) is 5.70. The van der Waals surface area contributed by atoms with Crippen LogP contribution in [-0.2, 0) is 20.7 Å². The molecule has 4 unspecified atom stereocenters. The van der Waals surface area contributed by atoms with E-state index in [-0.39, 0.29) is 31.1 Å². The number of nitrogens with one attached hydrogen (secondary N) is 1. The third-order valence-corrected chi connectivity index (χ3v) is 15.2. The van der Waals surface area contributed by atoms with Gasteiger partial charge in [0.05, 0.1) is 31.0 Å². The number of hydrogen-bond acceptors (Lipinski definition) is 10. The Morgan fingerprint density at radius 3 is 1.08 bits per heavy atom. The van der Waals surface area contributed by atoms with Gasteiger partial charge in [0.2, 0.25) is 5.91 Å². The molecule has 6 N–H and O–H groups in total. The van der Waals surface area contributed by atoms with Crippen molar-refractivity contribution in [3.8, 4) is 5.75 Å². The predicted molar refractivity (Wildman–Crippen MR) is 314 cm³/mol. The van der Waals surface area contributed by atoms with Crippen molar-refractivity contribution in [2.75, 3.05) is 45.9 Å². The van der Waals surface area contributed by atoms with Gasteiger partial charge < -0.3 is 35.6 Å². The van der Waals surface area contributed by atoms with Gasteiger partial charge in [-0.2, -0.15) is 0 Å². The fourth-order valence-corrected chi connectivity index (χ4v) is 10.5. The van der Waals surface area contributed by atoms with Gasteiger partial charge in [-0.15, -0.1) is 0 Å². The monoisotopic (exact) mass is 1060 g/mol. The Hall–Kier alpha value is -2.28. The summed E-state index contributed by atoms with van der Waals surface area (Å²) in [5, 5.41) is 57.4. The number of benzene rings is 1. The van der Waals surface area contributed by atoms with Crippen LogP contribution in [0.1, 0.15) is 284 Å². The summed E-state index contributed by atoms with van der Waals surface area (Å²) in [7, 11) is 0. The molecule has 1 rings (SSSR count). The van der Waals surface area contributed by atoms with Crippen molar-refractivity contribution in [2.45, 2.75) is 315 Å². The number of hydrogen-bond donors (Lipinski definition) is 6. The number of aromatic hydroxyl groups is 1. The van der Waals surface area contributed by atoms with Crippen LogP contribution < -0.4 is 5.32 Å². The van der Waals surface area contributed by atoms with Gasteiger partial charge in [0.1, 0.15) is 11.8 Å². The number of esters is 1. The summed E-state index contributed by atoms with van der Waals surface area (Å²) in [6.07, 6.45) is 41.0. The lowest BCUT2D eigenvalue weighted by atomic mass is 10.0. The number of nitrogens with zero attached hydrogens (tertiary/aromatic N) is 2. The van der Waals surface area contributed by atoms with E-state index in [1.165, 1.54) is 154 Å². The average Bonchev–Trinajstić information content (AvgIpc) is 3.38. The molecule has 0 aliphatic carbocycles. The van der Waals surface area contributed by atoms with E-state index in [2.05, 4.69) is 42.8 Å². The van der Waals surface area contributed by atoms with Crippen molar-refractivity contribution in [1.29, 1.82) is 0 Å². The fourth-order valence-electron chi connectivity index (χ4n) is 10.5. The molecule has 75 heavy (non-hydrogen) atoms. The van der Waals surface area contributed by atoms with Gasteiger partial charge in [0.25, 0.3) is 0 Å². The van der Waals surface area contributed by atoms with Gasteiger partial charge in [0, 0.05) is 45.6 Å². The molecule has 0 aliphatic heterocycles. The molecule has 1 amide bonds. The van der Waals surface area contributed by atoms with Gasteiger partial charge >= 0.3 is 5.97 Å². The Balaban J connectivity index is 2.89. The van der Waals surface area contributed by atoms with E-state index in [9.17, 15) is 35.1 Å². The second-order valence-electron chi connectivity index (χ2n) is 22.8. The van der Waals surface area contributed by atoms with Crippen LogP contribution in [0.2, 0.25) is 0 Å². The highest BCUT2D eigenvalue weighted by atomic mass is 16.5. The van der Waals surface area contributed by atoms with Crippen molar-refractivity contribution in [3.05, 3.63) is 29.8 Å². The fraction of sp³-hybridized carbons (Fsp3) is 0.875. The van der Waals surface area contributed by atoms with E-state index in [4.69, 9.17) is 4.74 Å². The molecular formula is C64H121N3O8. The Morgan fingerprint density at radius 1 is 0.440 bits per heavy atom. The largest absolute Gasteiger partial charge is 0.508 e. The molecular weight excluding hydrogens is 939 g/mol. The first-order valence-corrected chi connectivity index (χ1v) is 31.9. The van der Waals surface area contributed by atoms with Crippen LogP contribution in [0.4, 0.5) is 0 Å².